The summed E-state index contributed by atoms with van der Waals surface area (Å²) in [5.41, 5.74) is 21.7. The van der Waals surface area contributed by atoms with Crippen molar-refractivity contribution in [3.63, 3.8) is 0 Å². The molecular weight excluding hydrogens is 472 g/mol. The number of carbonyl (C=O) groups excluding carboxylic acids is 4. The number of aliphatic carboxylic acids is 2. The van der Waals surface area contributed by atoms with Crippen molar-refractivity contribution in [2.24, 2.45) is 22.9 Å². The van der Waals surface area contributed by atoms with Crippen molar-refractivity contribution in [2.75, 3.05) is 11.5 Å². The van der Waals surface area contributed by atoms with Crippen molar-refractivity contribution < 1.29 is 48.5 Å². The average Bonchev–Trinajstić information content (AvgIpc) is 2.72. The highest BCUT2D eigenvalue weighted by molar-refractivity contribution is 8.76. The first kappa shape index (κ1) is 29.8. The summed E-state index contributed by atoms with van der Waals surface area (Å²) >= 11 is 0. The van der Waals surface area contributed by atoms with Crippen molar-refractivity contribution in [3.05, 3.63) is 0 Å². The van der Waals surface area contributed by atoms with E-state index in [4.69, 9.17) is 33.1 Å². The van der Waals surface area contributed by atoms with Crippen LogP contribution in [0.25, 0.3) is 0 Å². The lowest BCUT2D eigenvalue weighted by Gasteiger charge is -2.12. The first-order valence-corrected chi connectivity index (χ1v) is 11.5. The van der Waals surface area contributed by atoms with Gasteiger partial charge in [-0.05, 0) is 12.8 Å². The number of carboxylic acids is 2. The van der Waals surface area contributed by atoms with Gasteiger partial charge in [-0.25, -0.2) is 9.59 Å². The van der Waals surface area contributed by atoms with E-state index in [1.54, 1.807) is 0 Å². The quantitative estimate of drug-likeness (QED) is 0.0591. The third kappa shape index (κ3) is 13.2. The fraction of sp³-hybridized carbons (Fsp3) is 0.625. The molecular formula is C16H26N4O10S2. The summed E-state index contributed by atoms with van der Waals surface area (Å²) < 4.78 is 9.00. The molecule has 0 unspecified atom stereocenters. The first-order valence-electron chi connectivity index (χ1n) is 9.06. The number of rotatable bonds is 15. The number of carbonyl (C=O) groups is 6. The highest BCUT2D eigenvalue weighted by Gasteiger charge is 2.23. The minimum absolute atomic E-state index is 0.000799. The van der Waals surface area contributed by atoms with E-state index in [1.807, 2.05) is 0 Å². The summed E-state index contributed by atoms with van der Waals surface area (Å²) in [6, 6.07) is -4.86. The van der Waals surface area contributed by atoms with Crippen LogP contribution in [0.1, 0.15) is 25.7 Å². The normalized spacial score (nSPS) is 14.5. The summed E-state index contributed by atoms with van der Waals surface area (Å²) in [6.45, 7) is 0. The first-order chi connectivity index (χ1) is 14.8. The molecule has 0 aliphatic carbocycles. The van der Waals surface area contributed by atoms with Gasteiger partial charge in [0.25, 0.3) is 0 Å². The van der Waals surface area contributed by atoms with Crippen molar-refractivity contribution in [1.29, 1.82) is 0 Å². The van der Waals surface area contributed by atoms with Crippen molar-refractivity contribution in [1.82, 2.24) is 0 Å². The van der Waals surface area contributed by atoms with E-state index in [-0.39, 0.29) is 37.2 Å². The molecule has 10 N–H and O–H groups in total. The largest absolute Gasteiger partial charge is 0.480 e. The molecule has 0 aromatic carbocycles. The maximum Gasteiger partial charge on any atom is 0.331 e. The number of carboxylic acid groups (broad SMARTS) is 2. The van der Waals surface area contributed by atoms with Crippen LogP contribution in [0.4, 0.5) is 0 Å². The Morgan fingerprint density at radius 3 is 1.22 bits per heavy atom. The molecule has 0 spiro atoms. The minimum Gasteiger partial charge on any atom is -0.480 e. The molecule has 0 amide bonds. The lowest BCUT2D eigenvalue weighted by Crippen LogP contribution is -2.37. The molecule has 16 heteroatoms. The third-order valence-corrected chi connectivity index (χ3v) is 6.04. The van der Waals surface area contributed by atoms with E-state index in [0.717, 1.165) is 21.6 Å². The average molecular weight is 499 g/mol. The topological polar surface area (TPSA) is 265 Å². The molecule has 0 aliphatic heterocycles. The van der Waals surface area contributed by atoms with Gasteiger partial charge in [0, 0.05) is 24.3 Å². The lowest BCUT2D eigenvalue weighted by atomic mass is 10.2. The Kier molecular flexibility index (Phi) is 14.5. The molecule has 0 heterocycles. The number of hydrogen-bond donors (Lipinski definition) is 6. The second-order valence-electron chi connectivity index (χ2n) is 6.34. The van der Waals surface area contributed by atoms with Gasteiger partial charge in [-0.2, -0.15) is 0 Å². The molecule has 32 heavy (non-hydrogen) atoms. The monoisotopic (exact) mass is 498 g/mol. The van der Waals surface area contributed by atoms with Gasteiger partial charge >= 0.3 is 35.8 Å². The van der Waals surface area contributed by atoms with Gasteiger partial charge in [-0.3, -0.25) is 19.2 Å². The van der Waals surface area contributed by atoms with Gasteiger partial charge in [-0.1, -0.05) is 21.6 Å². The molecule has 14 nitrogen and oxygen atoms in total. The molecule has 0 aromatic heterocycles. The van der Waals surface area contributed by atoms with Crippen LogP contribution < -0.4 is 22.9 Å². The summed E-state index contributed by atoms with van der Waals surface area (Å²) in [7, 11) is 2.10. The van der Waals surface area contributed by atoms with Gasteiger partial charge in [0.2, 0.25) is 0 Å². The van der Waals surface area contributed by atoms with Gasteiger partial charge < -0.3 is 42.6 Å². The van der Waals surface area contributed by atoms with Crippen LogP contribution in [-0.2, 0) is 38.2 Å². The van der Waals surface area contributed by atoms with Crippen LogP contribution >= 0.6 is 21.6 Å². The Balaban J connectivity index is 4.10. The van der Waals surface area contributed by atoms with E-state index in [0.29, 0.717) is 0 Å². The van der Waals surface area contributed by atoms with Crippen molar-refractivity contribution in [3.8, 4) is 0 Å². The molecule has 0 saturated heterocycles. The Labute approximate surface area is 190 Å². The maximum atomic E-state index is 11.7. The summed E-state index contributed by atoms with van der Waals surface area (Å²) in [6.07, 6.45) is -1.15. The number of hydrogen-bond acceptors (Lipinski definition) is 14. The SMILES string of the molecule is N[C@@H](CCC(=O)OC(=O)[C@@H](N)CSSC[C@H](N)C(=O)OC(=O)CC[C@H](N)C(=O)O)C(=O)O. The Morgan fingerprint density at radius 2 is 0.938 bits per heavy atom. The molecule has 4 atom stereocenters. The predicted octanol–water partition coefficient (Wildman–Crippen LogP) is -2.45. The molecule has 0 bridgehead atoms. The lowest BCUT2D eigenvalue weighted by molar-refractivity contribution is -0.162. The fourth-order valence-electron chi connectivity index (χ4n) is 1.65. The van der Waals surface area contributed by atoms with E-state index < -0.39 is 60.0 Å². The molecule has 0 saturated carbocycles. The van der Waals surface area contributed by atoms with E-state index >= 15 is 0 Å². The number of esters is 4. The maximum absolute atomic E-state index is 11.7. The minimum atomic E-state index is -1.29. The van der Waals surface area contributed by atoms with Crippen LogP contribution in [0.15, 0.2) is 0 Å². The van der Waals surface area contributed by atoms with Gasteiger partial charge in [-0.15, -0.1) is 0 Å². The molecule has 0 fully saturated rings. The zero-order valence-corrected chi connectivity index (χ0v) is 18.5. The van der Waals surface area contributed by atoms with Gasteiger partial charge in [0.05, 0.1) is 0 Å². The zero-order chi connectivity index (χ0) is 24.8. The molecule has 0 aromatic rings. The predicted molar refractivity (Wildman–Crippen MR) is 113 cm³/mol. The fourth-order valence-corrected chi connectivity index (χ4v) is 3.87. The second kappa shape index (κ2) is 15.5. The Hall–Kier alpha value is -2.24. The summed E-state index contributed by atoms with van der Waals surface area (Å²) in [5.74, 6) is -6.52. The molecule has 0 rings (SSSR count). The molecule has 182 valence electrons. The van der Waals surface area contributed by atoms with E-state index in [1.165, 1.54) is 0 Å². The summed E-state index contributed by atoms with van der Waals surface area (Å²) in [5, 5.41) is 17.2. The van der Waals surface area contributed by atoms with Crippen LogP contribution in [0.5, 0.6) is 0 Å². The third-order valence-electron chi connectivity index (χ3n) is 3.57. The van der Waals surface area contributed by atoms with Crippen molar-refractivity contribution >= 4 is 57.4 Å². The number of nitrogens with two attached hydrogens (primary N) is 4. The second-order valence-corrected chi connectivity index (χ2v) is 8.89. The van der Waals surface area contributed by atoms with Gasteiger partial charge in [0.1, 0.15) is 24.2 Å². The standard InChI is InChI=1S/C16H26N4O10S2/c17-7(13(23)24)1-3-11(21)29-15(27)9(19)5-31-32-6-10(20)16(28)30-12(22)4-2-8(18)14(25)26/h7-10H,1-6,17-20H2,(H,23,24)(H,25,26)/t7-,8-,9-,10-/m0/s1. The van der Waals surface area contributed by atoms with Crippen LogP contribution in [0, 0.1) is 0 Å². The zero-order valence-electron chi connectivity index (χ0n) is 16.8. The Bertz CT molecular complexity index is 650. The van der Waals surface area contributed by atoms with E-state index in [2.05, 4.69) is 9.47 Å². The summed E-state index contributed by atoms with van der Waals surface area (Å²) in [4.78, 5) is 67.5. The van der Waals surface area contributed by atoms with Crippen molar-refractivity contribution in [2.45, 2.75) is 49.9 Å². The number of ether oxygens (including phenoxy) is 2. The van der Waals surface area contributed by atoms with Crippen LogP contribution in [-0.4, -0.2) is 81.7 Å². The molecule has 0 aliphatic rings. The van der Waals surface area contributed by atoms with Crippen LogP contribution in [0.2, 0.25) is 0 Å². The smallest absolute Gasteiger partial charge is 0.331 e. The molecule has 0 radical (unpaired) electrons. The Morgan fingerprint density at radius 1 is 0.625 bits per heavy atom. The highest BCUT2D eigenvalue weighted by Crippen LogP contribution is 2.22. The van der Waals surface area contributed by atoms with Gasteiger partial charge in [0.15, 0.2) is 0 Å². The van der Waals surface area contributed by atoms with Crippen LogP contribution in [0.3, 0.4) is 0 Å². The van der Waals surface area contributed by atoms with E-state index in [9.17, 15) is 28.8 Å². The highest BCUT2D eigenvalue weighted by atomic mass is 33.1.